The number of nitrogens with two attached hydrogens (primary N) is 1. The van der Waals surface area contributed by atoms with Crippen molar-refractivity contribution in [3.05, 3.63) is 35.4 Å². The van der Waals surface area contributed by atoms with Crippen molar-refractivity contribution in [3.63, 3.8) is 0 Å². The standard InChI is InChI=1S/C15H24F2N2/c1-5-19(10-15(3,4)9-18)11(2)13-7-6-12(16)8-14(13)17/h6-8,11H,5,9-10,18H2,1-4H3. The molecular formula is C15H24F2N2. The molecule has 0 aromatic heterocycles. The Morgan fingerprint density at radius 3 is 2.42 bits per heavy atom. The van der Waals surface area contributed by atoms with Crippen molar-refractivity contribution in [1.29, 1.82) is 0 Å². The van der Waals surface area contributed by atoms with E-state index in [1.54, 1.807) is 0 Å². The average molecular weight is 270 g/mol. The van der Waals surface area contributed by atoms with Gasteiger partial charge in [-0.1, -0.05) is 26.8 Å². The first-order chi connectivity index (χ1) is 8.80. The maximum Gasteiger partial charge on any atom is 0.130 e. The van der Waals surface area contributed by atoms with Gasteiger partial charge < -0.3 is 5.73 Å². The van der Waals surface area contributed by atoms with Crippen LogP contribution in [-0.4, -0.2) is 24.5 Å². The van der Waals surface area contributed by atoms with Gasteiger partial charge in [-0.25, -0.2) is 8.78 Å². The molecule has 0 bridgehead atoms. The van der Waals surface area contributed by atoms with Crippen molar-refractivity contribution in [2.75, 3.05) is 19.6 Å². The van der Waals surface area contributed by atoms with E-state index in [2.05, 4.69) is 18.7 Å². The van der Waals surface area contributed by atoms with Crippen LogP contribution >= 0.6 is 0 Å². The number of benzene rings is 1. The first kappa shape index (κ1) is 16.1. The highest BCUT2D eigenvalue weighted by Gasteiger charge is 2.24. The number of halogens is 2. The summed E-state index contributed by atoms with van der Waals surface area (Å²) in [5, 5.41) is 0. The molecule has 108 valence electrons. The molecule has 19 heavy (non-hydrogen) atoms. The molecule has 1 atom stereocenters. The van der Waals surface area contributed by atoms with Gasteiger partial charge >= 0.3 is 0 Å². The fourth-order valence-electron chi connectivity index (χ4n) is 2.17. The van der Waals surface area contributed by atoms with Crippen LogP contribution in [0.5, 0.6) is 0 Å². The maximum atomic E-state index is 13.8. The highest BCUT2D eigenvalue weighted by Crippen LogP contribution is 2.26. The first-order valence-corrected chi connectivity index (χ1v) is 6.70. The fraction of sp³-hybridized carbons (Fsp3) is 0.600. The van der Waals surface area contributed by atoms with E-state index in [4.69, 9.17) is 5.73 Å². The Hall–Kier alpha value is -1.00. The molecule has 0 fully saturated rings. The third-order valence-corrected chi connectivity index (χ3v) is 3.55. The molecule has 4 heteroatoms. The predicted octanol–water partition coefficient (Wildman–Crippen LogP) is 3.33. The average Bonchev–Trinajstić information content (AvgIpc) is 2.35. The van der Waals surface area contributed by atoms with Crippen molar-refractivity contribution in [2.24, 2.45) is 11.1 Å². The van der Waals surface area contributed by atoms with Crippen LogP contribution in [0.1, 0.15) is 39.3 Å². The van der Waals surface area contributed by atoms with E-state index in [-0.39, 0.29) is 11.5 Å². The van der Waals surface area contributed by atoms with Crippen molar-refractivity contribution in [1.82, 2.24) is 4.90 Å². The minimum absolute atomic E-state index is 0.0270. The van der Waals surface area contributed by atoms with Crippen LogP contribution in [-0.2, 0) is 0 Å². The Kier molecular flexibility index (Phi) is 5.44. The molecule has 2 nitrogen and oxygen atoms in total. The molecule has 1 unspecified atom stereocenters. The lowest BCUT2D eigenvalue weighted by atomic mass is 9.91. The molecule has 0 aliphatic carbocycles. The van der Waals surface area contributed by atoms with Crippen LogP contribution in [0.4, 0.5) is 8.78 Å². The fourth-order valence-corrected chi connectivity index (χ4v) is 2.17. The van der Waals surface area contributed by atoms with E-state index in [1.165, 1.54) is 12.1 Å². The topological polar surface area (TPSA) is 29.3 Å². The zero-order valence-corrected chi connectivity index (χ0v) is 12.2. The van der Waals surface area contributed by atoms with E-state index < -0.39 is 11.6 Å². The van der Waals surface area contributed by atoms with Gasteiger partial charge in [-0.05, 0) is 31.5 Å². The second-order valence-corrected chi connectivity index (χ2v) is 5.77. The molecule has 0 saturated heterocycles. The quantitative estimate of drug-likeness (QED) is 0.859. The van der Waals surface area contributed by atoms with E-state index in [0.29, 0.717) is 12.1 Å². The van der Waals surface area contributed by atoms with Crippen molar-refractivity contribution in [2.45, 2.75) is 33.7 Å². The van der Waals surface area contributed by atoms with E-state index in [1.807, 2.05) is 13.8 Å². The van der Waals surface area contributed by atoms with Crippen LogP contribution in [0.25, 0.3) is 0 Å². The van der Waals surface area contributed by atoms with Gasteiger partial charge in [0.05, 0.1) is 0 Å². The monoisotopic (exact) mass is 270 g/mol. The summed E-state index contributed by atoms with van der Waals surface area (Å²) in [7, 11) is 0. The summed E-state index contributed by atoms with van der Waals surface area (Å²) >= 11 is 0. The molecule has 0 saturated carbocycles. The Bertz CT molecular complexity index is 419. The summed E-state index contributed by atoms with van der Waals surface area (Å²) in [5.74, 6) is -1.03. The van der Waals surface area contributed by atoms with Crippen LogP contribution < -0.4 is 5.73 Å². The van der Waals surface area contributed by atoms with E-state index >= 15 is 0 Å². The SMILES string of the molecule is CCN(CC(C)(C)CN)C(C)c1ccc(F)cc1F. The molecule has 0 aliphatic rings. The van der Waals surface area contributed by atoms with Crippen molar-refractivity contribution < 1.29 is 8.78 Å². The van der Waals surface area contributed by atoms with Gasteiger partial charge in [-0.2, -0.15) is 0 Å². The number of nitrogens with zero attached hydrogens (tertiary/aromatic N) is 1. The lowest BCUT2D eigenvalue weighted by molar-refractivity contribution is 0.145. The minimum Gasteiger partial charge on any atom is -0.330 e. The Morgan fingerprint density at radius 1 is 1.32 bits per heavy atom. The Morgan fingerprint density at radius 2 is 1.95 bits per heavy atom. The summed E-state index contributed by atoms with van der Waals surface area (Å²) in [5.41, 5.74) is 6.24. The third-order valence-electron chi connectivity index (χ3n) is 3.55. The summed E-state index contributed by atoms with van der Waals surface area (Å²) in [6, 6.07) is 3.66. The number of hydrogen-bond acceptors (Lipinski definition) is 2. The zero-order chi connectivity index (χ0) is 14.6. The van der Waals surface area contributed by atoms with Gasteiger partial charge in [0.2, 0.25) is 0 Å². The lowest BCUT2D eigenvalue weighted by Crippen LogP contribution is -2.40. The van der Waals surface area contributed by atoms with Crippen LogP contribution in [0.3, 0.4) is 0 Å². The zero-order valence-electron chi connectivity index (χ0n) is 12.2. The predicted molar refractivity (Wildman–Crippen MR) is 74.9 cm³/mol. The minimum atomic E-state index is -0.543. The number of hydrogen-bond donors (Lipinski definition) is 1. The van der Waals surface area contributed by atoms with Gasteiger partial charge in [0.15, 0.2) is 0 Å². The second kappa shape index (κ2) is 6.44. The van der Waals surface area contributed by atoms with Crippen LogP contribution in [0.2, 0.25) is 0 Å². The molecule has 1 aromatic carbocycles. The van der Waals surface area contributed by atoms with Crippen molar-refractivity contribution in [3.8, 4) is 0 Å². The lowest BCUT2D eigenvalue weighted by Gasteiger charge is -2.35. The highest BCUT2D eigenvalue weighted by molar-refractivity contribution is 5.21. The maximum absolute atomic E-state index is 13.8. The largest absolute Gasteiger partial charge is 0.330 e. The van der Waals surface area contributed by atoms with Gasteiger partial charge in [0.25, 0.3) is 0 Å². The molecular weight excluding hydrogens is 246 g/mol. The van der Waals surface area contributed by atoms with Crippen molar-refractivity contribution >= 4 is 0 Å². The third kappa shape index (κ3) is 4.25. The van der Waals surface area contributed by atoms with Crippen LogP contribution in [0, 0.1) is 17.0 Å². The van der Waals surface area contributed by atoms with Gasteiger partial charge in [-0.15, -0.1) is 0 Å². The Labute approximate surface area is 114 Å². The molecule has 0 radical (unpaired) electrons. The molecule has 1 aromatic rings. The normalized spacial score (nSPS) is 13.9. The highest BCUT2D eigenvalue weighted by atomic mass is 19.1. The summed E-state index contributed by atoms with van der Waals surface area (Å²) < 4.78 is 26.8. The molecule has 0 aliphatic heterocycles. The number of rotatable bonds is 6. The first-order valence-electron chi connectivity index (χ1n) is 6.70. The molecule has 0 heterocycles. The molecule has 2 N–H and O–H groups in total. The van der Waals surface area contributed by atoms with Gasteiger partial charge in [-0.3, -0.25) is 4.90 Å². The van der Waals surface area contributed by atoms with Gasteiger partial charge in [0.1, 0.15) is 11.6 Å². The summed E-state index contributed by atoms with van der Waals surface area (Å²) in [6.45, 7) is 10.3. The summed E-state index contributed by atoms with van der Waals surface area (Å²) in [4.78, 5) is 2.16. The molecule has 0 amide bonds. The molecule has 0 spiro atoms. The van der Waals surface area contributed by atoms with E-state index in [9.17, 15) is 8.78 Å². The summed E-state index contributed by atoms with van der Waals surface area (Å²) in [6.07, 6.45) is 0. The molecule has 1 rings (SSSR count). The van der Waals surface area contributed by atoms with Crippen LogP contribution in [0.15, 0.2) is 18.2 Å². The smallest absolute Gasteiger partial charge is 0.130 e. The second-order valence-electron chi connectivity index (χ2n) is 5.77. The van der Waals surface area contributed by atoms with E-state index in [0.717, 1.165) is 19.2 Å². The van der Waals surface area contributed by atoms with Gasteiger partial charge in [0, 0.05) is 24.2 Å². The Balaban J connectivity index is 2.92.